The zero-order chi connectivity index (χ0) is 36.3. The van der Waals surface area contributed by atoms with Crippen molar-refractivity contribution in [1.29, 1.82) is 0 Å². The van der Waals surface area contributed by atoms with Gasteiger partial charge < -0.3 is 19.3 Å². The Morgan fingerprint density at radius 2 is 0.981 bits per heavy atom. The van der Waals surface area contributed by atoms with Gasteiger partial charge >= 0.3 is 0 Å². The maximum Gasteiger partial charge on any atom is 0.252 e. The Bertz CT molecular complexity index is 2570. The molecule has 7 aromatic carbocycles. The van der Waals surface area contributed by atoms with Crippen LogP contribution in [-0.2, 0) is 12.8 Å². The van der Waals surface area contributed by atoms with Gasteiger partial charge in [0.2, 0.25) is 0 Å². The Morgan fingerprint density at radius 3 is 1.52 bits per heavy atom. The zero-order valence-corrected chi connectivity index (χ0v) is 30.9. The zero-order valence-electron chi connectivity index (χ0n) is 30.9. The molecule has 0 bridgehead atoms. The van der Waals surface area contributed by atoms with Crippen LogP contribution >= 0.6 is 0 Å². The highest BCUT2D eigenvalue weighted by Crippen LogP contribution is 2.44. The first-order valence-electron chi connectivity index (χ1n) is 19.2. The van der Waals surface area contributed by atoms with Gasteiger partial charge in [-0.15, -0.1) is 0 Å². The van der Waals surface area contributed by atoms with Crippen molar-refractivity contribution in [2.24, 2.45) is 0 Å². The molecule has 260 valence electrons. The van der Waals surface area contributed by atoms with Crippen LogP contribution < -0.4 is 31.1 Å². The molecule has 4 nitrogen and oxygen atoms in total. The standard InChI is InChI=1S/C49H41BN4/c1-4-40-41-27-18-28-43-49(41)54(44(40)5-2)47-33-39(53(36-23-14-8-15-24-36)37-25-16-9-17-26-37)32-46-48(47)50(43)42-30-29-38(31-45(42)51(46)3)52(34-19-10-6-11-20-34)35-21-12-7-13-22-35/h6-33H,4-5H2,1-3H3. The van der Waals surface area contributed by atoms with E-state index >= 15 is 0 Å². The molecule has 0 aliphatic carbocycles. The summed E-state index contributed by atoms with van der Waals surface area (Å²) in [5, 5.41) is 1.38. The predicted molar refractivity (Wildman–Crippen MR) is 231 cm³/mol. The summed E-state index contributed by atoms with van der Waals surface area (Å²) < 4.78 is 2.62. The van der Waals surface area contributed by atoms with Gasteiger partial charge in [-0.25, -0.2) is 0 Å². The fourth-order valence-electron chi connectivity index (χ4n) is 9.26. The highest BCUT2D eigenvalue weighted by Gasteiger charge is 2.42. The van der Waals surface area contributed by atoms with E-state index in [9.17, 15) is 0 Å². The van der Waals surface area contributed by atoms with E-state index in [1.165, 1.54) is 55.6 Å². The third-order valence-electron chi connectivity index (χ3n) is 11.5. The van der Waals surface area contributed by atoms with E-state index in [2.05, 4.69) is 210 Å². The summed E-state index contributed by atoms with van der Waals surface area (Å²) >= 11 is 0. The van der Waals surface area contributed by atoms with Crippen LogP contribution in [0, 0.1) is 0 Å². The molecule has 0 fully saturated rings. The van der Waals surface area contributed by atoms with E-state index in [-0.39, 0.29) is 6.71 Å². The van der Waals surface area contributed by atoms with E-state index in [4.69, 9.17) is 0 Å². The molecule has 0 amide bonds. The number of fused-ring (bicyclic) bond motifs is 4. The van der Waals surface area contributed by atoms with Gasteiger partial charge in [0, 0.05) is 69.1 Å². The normalized spacial score (nSPS) is 12.4. The van der Waals surface area contributed by atoms with Crippen molar-refractivity contribution < 1.29 is 0 Å². The van der Waals surface area contributed by atoms with Crippen LogP contribution in [0.2, 0.25) is 0 Å². The largest absolute Gasteiger partial charge is 0.345 e. The van der Waals surface area contributed by atoms with Gasteiger partial charge in [-0.3, -0.25) is 0 Å². The molecule has 0 radical (unpaired) electrons. The molecular weight excluding hydrogens is 655 g/mol. The van der Waals surface area contributed by atoms with Crippen molar-refractivity contribution >= 4 is 79.5 Å². The van der Waals surface area contributed by atoms with Crippen molar-refractivity contribution in [2.75, 3.05) is 21.7 Å². The lowest BCUT2D eigenvalue weighted by atomic mass is 9.34. The van der Waals surface area contributed by atoms with Crippen LogP contribution in [0.4, 0.5) is 45.5 Å². The summed E-state index contributed by atoms with van der Waals surface area (Å²) in [4.78, 5) is 7.22. The summed E-state index contributed by atoms with van der Waals surface area (Å²) in [5.74, 6) is 0. The lowest BCUT2D eigenvalue weighted by molar-refractivity contribution is 0.928. The quantitative estimate of drug-likeness (QED) is 0.147. The first kappa shape index (κ1) is 32.2. The SMILES string of the molecule is CCc1c(CC)n2c3c(cccc13)B1c3ccc(N(c4ccccc4)c4ccccc4)cc3N(C)c3cc(N(c4ccccc4)c4ccccc4)cc-2c31. The van der Waals surface area contributed by atoms with Crippen LogP contribution in [0.15, 0.2) is 170 Å². The van der Waals surface area contributed by atoms with Gasteiger partial charge in [0.15, 0.2) is 0 Å². The van der Waals surface area contributed by atoms with Crippen molar-refractivity contribution in [3.8, 4) is 5.69 Å². The topological polar surface area (TPSA) is 14.7 Å². The van der Waals surface area contributed by atoms with Gasteiger partial charge in [-0.05, 0) is 108 Å². The Balaban J connectivity index is 1.27. The third-order valence-corrected chi connectivity index (χ3v) is 11.5. The first-order valence-corrected chi connectivity index (χ1v) is 19.2. The average molecular weight is 697 g/mol. The molecule has 5 heteroatoms. The van der Waals surface area contributed by atoms with Gasteiger partial charge in [0.25, 0.3) is 6.71 Å². The van der Waals surface area contributed by atoms with Crippen molar-refractivity contribution in [2.45, 2.75) is 26.7 Å². The second kappa shape index (κ2) is 12.9. The Hall–Kier alpha value is -6.46. The molecule has 8 aromatic rings. The van der Waals surface area contributed by atoms with Gasteiger partial charge in [-0.1, -0.05) is 111 Å². The van der Waals surface area contributed by atoms with Crippen LogP contribution in [0.3, 0.4) is 0 Å². The fraction of sp³-hybridized carbons (Fsp3) is 0.102. The number of benzene rings is 7. The van der Waals surface area contributed by atoms with Crippen molar-refractivity contribution in [3.05, 3.63) is 181 Å². The minimum atomic E-state index is 0.0913. The molecule has 0 spiro atoms. The number of aryl methyl sites for hydroxylation is 1. The minimum Gasteiger partial charge on any atom is -0.345 e. The molecule has 0 unspecified atom stereocenters. The minimum absolute atomic E-state index is 0.0913. The molecule has 3 heterocycles. The molecule has 2 aliphatic rings. The van der Waals surface area contributed by atoms with Gasteiger partial charge in [0.05, 0.1) is 5.69 Å². The number of rotatable bonds is 8. The number of hydrogen-bond donors (Lipinski definition) is 0. The van der Waals surface area contributed by atoms with Crippen LogP contribution in [0.1, 0.15) is 25.1 Å². The van der Waals surface area contributed by atoms with E-state index < -0.39 is 0 Å². The molecule has 10 rings (SSSR count). The number of hydrogen-bond acceptors (Lipinski definition) is 3. The van der Waals surface area contributed by atoms with E-state index in [0.29, 0.717) is 0 Å². The summed E-state index contributed by atoms with van der Waals surface area (Å²) in [5.41, 5.74) is 18.9. The molecule has 0 N–H and O–H groups in total. The highest BCUT2D eigenvalue weighted by atomic mass is 15.2. The van der Waals surface area contributed by atoms with Crippen LogP contribution in [0.25, 0.3) is 16.6 Å². The number of aromatic nitrogens is 1. The second-order valence-corrected chi connectivity index (χ2v) is 14.4. The molecule has 0 saturated heterocycles. The maximum absolute atomic E-state index is 2.62. The summed E-state index contributed by atoms with van der Waals surface area (Å²) in [6.45, 7) is 4.71. The van der Waals surface area contributed by atoms with Crippen LogP contribution in [0.5, 0.6) is 0 Å². The summed E-state index contributed by atoms with van der Waals surface area (Å²) in [6.07, 6.45) is 1.96. The van der Waals surface area contributed by atoms with Crippen molar-refractivity contribution in [1.82, 2.24) is 4.57 Å². The average Bonchev–Trinajstić information content (AvgIpc) is 3.57. The number of para-hydroxylation sites is 5. The highest BCUT2D eigenvalue weighted by molar-refractivity contribution is 7.00. The van der Waals surface area contributed by atoms with E-state index in [1.54, 1.807) is 0 Å². The van der Waals surface area contributed by atoms with E-state index in [0.717, 1.165) is 47.0 Å². The molecule has 0 saturated carbocycles. The maximum atomic E-state index is 2.62. The smallest absolute Gasteiger partial charge is 0.252 e. The Labute approximate surface area is 318 Å². The lowest BCUT2D eigenvalue weighted by Crippen LogP contribution is -2.60. The Kier molecular flexibility index (Phi) is 7.69. The lowest BCUT2D eigenvalue weighted by Gasteiger charge is -2.40. The monoisotopic (exact) mass is 696 g/mol. The first-order chi connectivity index (χ1) is 26.7. The summed E-state index contributed by atoms with van der Waals surface area (Å²) in [7, 11) is 2.26. The molecular formula is C49H41BN4. The van der Waals surface area contributed by atoms with Gasteiger partial charge in [0.1, 0.15) is 0 Å². The molecule has 0 atom stereocenters. The molecule has 1 aromatic heterocycles. The van der Waals surface area contributed by atoms with Crippen LogP contribution in [-0.4, -0.2) is 18.3 Å². The molecule has 54 heavy (non-hydrogen) atoms. The van der Waals surface area contributed by atoms with Gasteiger partial charge in [-0.2, -0.15) is 0 Å². The molecule has 2 aliphatic heterocycles. The Morgan fingerprint density at radius 1 is 0.463 bits per heavy atom. The van der Waals surface area contributed by atoms with E-state index in [1.807, 2.05) is 0 Å². The number of nitrogens with zero attached hydrogens (tertiary/aromatic N) is 4. The fourth-order valence-corrected chi connectivity index (χ4v) is 9.26. The summed E-state index contributed by atoms with van der Waals surface area (Å²) in [6, 6.07) is 62.0. The predicted octanol–water partition coefficient (Wildman–Crippen LogP) is 10.6. The second-order valence-electron chi connectivity index (χ2n) is 14.4. The number of anilines is 8. The third kappa shape index (κ3) is 4.85. The van der Waals surface area contributed by atoms with Crippen molar-refractivity contribution in [3.63, 3.8) is 0 Å².